The molecule has 0 radical (unpaired) electrons. The van der Waals surface area contributed by atoms with Crippen molar-refractivity contribution in [3.63, 3.8) is 0 Å². The molecule has 34 heavy (non-hydrogen) atoms. The van der Waals surface area contributed by atoms with Gasteiger partial charge in [-0.1, -0.05) is 24.3 Å². The maximum absolute atomic E-state index is 11.9. The van der Waals surface area contributed by atoms with Crippen LogP contribution in [0.3, 0.4) is 0 Å². The highest BCUT2D eigenvalue weighted by atomic mass is 16.6. The fourth-order valence-corrected chi connectivity index (χ4v) is 3.15. The smallest absolute Gasteiger partial charge is 0.414 e. The highest BCUT2D eigenvalue weighted by Gasteiger charge is 2.32. The lowest BCUT2D eigenvalue weighted by molar-refractivity contribution is -0.139. The van der Waals surface area contributed by atoms with E-state index in [4.69, 9.17) is 14.2 Å². The standard InChI is InChI=1S/C24H26N2O8/c1-24(2,3)34-23(31)25-18(21(28)29)12-14-4-8-16(9-5-14)32-17-10-6-15(7-11-17)13-19-20(27)26-22(30)33-19/h4-11,18-19H,12-13H2,1-3H3,(H,25,31)(H,28,29)(H,26,27,30). The molecule has 10 heteroatoms. The molecule has 1 saturated heterocycles. The van der Waals surface area contributed by atoms with Crippen molar-refractivity contribution in [3.05, 3.63) is 59.7 Å². The SMILES string of the molecule is CC(C)(C)OC(=O)NC(Cc1ccc(Oc2ccc(CC3OC(=O)NC3=O)cc2)cc1)C(=O)O. The first kappa shape index (κ1) is 24.6. The summed E-state index contributed by atoms with van der Waals surface area (Å²) < 4.78 is 15.8. The summed E-state index contributed by atoms with van der Waals surface area (Å²) in [6.07, 6.45) is -2.05. The average molecular weight is 470 g/mol. The largest absolute Gasteiger partial charge is 0.480 e. The van der Waals surface area contributed by atoms with Crippen molar-refractivity contribution < 1.29 is 38.5 Å². The van der Waals surface area contributed by atoms with Gasteiger partial charge in [-0.3, -0.25) is 10.1 Å². The van der Waals surface area contributed by atoms with Gasteiger partial charge in [0.25, 0.3) is 5.91 Å². The minimum absolute atomic E-state index is 0.0723. The fourth-order valence-electron chi connectivity index (χ4n) is 3.15. The topological polar surface area (TPSA) is 140 Å². The summed E-state index contributed by atoms with van der Waals surface area (Å²) in [5.41, 5.74) is 0.757. The maximum Gasteiger partial charge on any atom is 0.414 e. The Kier molecular flexibility index (Phi) is 7.40. The van der Waals surface area contributed by atoms with Gasteiger partial charge in [0.05, 0.1) is 0 Å². The summed E-state index contributed by atoms with van der Waals surface area (Å²) in [5.74, 6) is -0.542. The summed E-state index contributed by atoms with van der Waals surface area (Å²) in [6, 6.07) is 12.6. The summed E-state index contributed by atoms with van der Waals surface area (Å²) >= 11 is 0. The third-order valence-corrected chi connectivity index (χ3v) is 4.70. The molecule has 2 aromatic carbocycles. The predicted molar refractivity (Wildman–Crippen MR) is 120 cm³/mol. The molecule has 180 valence electrons. The van der Waals surface area contributed by atoms with Crippen LogP contribution in [-0.4, -0.2) is 46.9 Å². The molecular formula is C24H26N2O8. The number of carbonyl (C=O) groups excluding carboxylic acids is 3. The first-order valence-electron chi connectivity index (χ1n) is 10.6. The molecule has 2 atom stereocenters. The summed E-state index contributed by atoms with van der Waals surface area (Å²) in [4.78, 5) is 46.1. The minimum Gasteiger partial charge on any atom is -0.480 e. The number of cyclic esters (lactones) is 1. The molecular weight excluding hydrogens is 444 g/mol. The van der Waals surface area contributed by atoms with Crippen molar-refractivity contribution in [2.75, 3.05) is 0 Å². The number of nitrogens with one attached hydrogen (secondary N) is 2. The van der Waals surface area contributed by atoms with Gasteiger partial charge in [-0.25, -0.2) is 14.4 Å². The molecule has 0 aromatic heterocycles. The lowest BCUT2D eigenvalue weighted by Gasteiger charge is -2.22. The van der Waals surface area contributed by atoms with Crippen LogP contribution < -0.4 is 15.4 Å². The summed E-state index contributed by atoms with van der Waals surface area (Å²) in [5, 5.41) is 13.9. The van der Waals surface area contributed by atoms with Crippen LogP contribution in [-0.2, 0) is 31.9 Å². The van der Waals surface area contributed by atoms with Crippen LogP contribution in [0, 0.1) is 0 Å². The van der Waals surface area contributed by atoms with Gasteiger partial charge in [-0.15, -0.1) is 0 Å². The molecule has 0 saturated carbocycles. The molecule has 1 heterocycles. The summed E-state index contributed by atoms with van der Waals surface area (Å²) in [7, 11) is 0. The lowest BCUT2D eigenvalue weighted by Crippen LogP contribution is -2.44. The number of carboxylic acid groups (broad SMARTS) is 1. The van der Waals surface area contributed by atoms with E-state index in [-0.39, 0.29) is 12.8 Å². The van der Waals surface area contributed by atoms with E-state index in [0.29, 0.717) is 17.1 Å². The van der Waals surface area contributed by atoms with Gasteiger partial charge in [-0.2, -0.15) is 0 Å². The van der Waals surface area contributed by atoms with Crippen LogP contribution in [0.5, 0.6) is 11.5 Å². The number of amides is 3. The fraction of sp³-hybridized carbons (Fsp3) is 0.333. The molecule has 2 unspecified atom stereocenters. The number of imide groups is 1. The van der Waals surface area contributed by atoms with Crippen LogP contribution in [0.4, 0.5) is 9.59 Å². The third-order valence-electron chi connectivity index (χ3n) is 4.70. The van der Waals surface area contributed by atoms with Crippen molar-refractivity contribution in [2.45, 2.75) is 51.4 Å². The zero-order chi connectivity index (χ0) is 24.9. The van der Waals surface area contributed by atoms with Crippen LogP contribution in [0.1, 0.15) is 31.9 Å². The highest BCUT2D eigenvalue weighted by Crippen LogP contribution is 2.23. The van der Waals surface area contributed by atoms with E-state index in [1.807, 2.05) is 0 Å². The number of hydrogen-bond acceptors (Lipinski definition) is 7. The second-order valence-corrected chi connectivity index (χ2v) is 8.72. The number of ether oxygens (including phenoxy) is 3. The lowest BCUT2D eigenvalue weighted by atomic mass is 10.1. The third kappa shape index (κ3) is 7.22. The normalized spacial score (nSPS) is 16.3. The molecule has 2 aromatic rings. The van der Waals surface area contributed by atoms with E-state index >= 15 is 0 Å². The Morgan fingerprint density at radius 2 is 1.59 bits per heavy atom. The maximum atomic E-state index is 11.9. The Morgan fingerprint density at radius 3 is 2.06 bits per heavy atom. The Balaban J connectivity index is 1.55. The van der Waals surface area contributed by atoms with Crippen molar-refractivity contribution in [3.8, 4) is 11.5 Å². The average Bonchev–Trinajstić information content (AvgIpc) is 3.05. The minimum atomic E-state index is -1.17. The van der Waals surface area contributed by atoms with Crippen molar-refractivity contribution in [1.82, 2.24) is 10.6 Å². The predicted octanol–water partition coefficient (Wildman–Crippen LogP) is 3.18. The van der Waals surface area contributed by atoms with Gasteiger partial charge < -0.3 is 24.6 Å². The van der Waals surface area contributed by atoms with E-state index in [0.717, 1.165) is 5.56 Å². The van der Waals surface area contributed by atoms with Crippen LogP contribution in [0.15, 0.2) is 48.5 Å². The molecule has 3 rings (SSSR count). The van der Waals surface area contributed by atoms with E-state index in [1.165, 1.54) is 0 Å². The Bertz CT molecular complexity index is 1060. The second-order valence-electron chi connectivity index (χ2n) is 8.72. The molecule has 1 aliphatic heterocycles. The van der Waals surface area contributed by atoms with Crippen LogP contribution in [0.25, 0.3) is 0 Å². The summed E-state index contributed by atoms with van der Waals surface area (Å²) in [6.45, 7) is 5.08. The van der Waals surface area contributed by atoms with E-state index in [1.54, 1.807) is 69.3 Å². The molecule has 10 nitrogen and oxygen atoms in total. The molecule has 0 aliphatic carbocycles. The Morgan fingerprint density at radius 1 is 1.03 bits per heavy atom. The van der Waals surface area contributed by atoms with Crippen LogP contribution >= 0.6 is 0 Å². The first-order valence-corrected chi connectivity index (χ1v) is 10.6. The number of carbonyl (C=O) groups is 4. The quantitative estimate of drug-likeness (QED) is 0.534. The van der Waals surface area contributed by atoms with E-state index in [9.17, 15) is 24.3 Å². The van der Waals surface area contributed by atoms with Gasteiger partial charge in [0.15, 0.2) is 6.10 Å². The van der Waals surface area contributed by atoms with Gasteiger partial charge in [0.2, 0.25) is 0 Å². The van der Waals surface area contributed by atoms with Gasteiger partial charge in [0.1, 0.15) is 23.1 Å². The Hall–Kier alpha value is -4.08. The number of rotatable bonds is 8. The highest BCUT2D eigenvalue weighted by molar-refractivity contribution is 6.00. The van der Waals surface area contributed by atoms with Crippen molar-refractivity contribution >= 4 is 24.1 Å². The zero-order valence-electron chi connectivity index (χ0n) is 19.0. The molecule has 1 fully saturated rings. The monoisotopic (exact) mass is 470 g/mol. The number of alkyl carbamates (subject to hydrolysis) is 2. The van der Waals surface area contributed by atoms with Crippen molar-refractivity contribution in [2.24, 2.45) is 0 Å². The van der Waals surface area contributed by atoms with Gasteiger partial charge in [0, 0.05) is 12.8 Å². The first-order chi connectivity index (χ1) is 16.0. The molecule has 3 amide bonds. The van der Waals surface area contributed by atoms with Gasteiger partial charge in [-0.05, 0) is 56.2 Å². The molecule has 1 aliphatic rings. The van der Waals surface area contributed by atoms with E-state index < -0.39 is 41.8 Å². The Labute approximate surface area is 196 Å². The zero-order valence-corrected chi connectivity index (χ0v) is 19.0. The van der Waals surface area contributed by atoms with Crippen molar-refractivity contribution in [1.29, 1.82) is 0 Å². The second kappa shape index (κ2) is 10.2. The number of benzene rings is 2. The van der Waals surface area contributed by atoms with Crippen LogP contribution in [0.2, 0.25) is 0 Å². The molecule has 0 spiro atoms. The number of carboxylic acids is 1. The van der Waals surface area contributed by atoms with E-state index in [2.05, 4.69) is 10.6 Å². The number of hydrogen-bond donors (Lipinski definition) is 3. The molecule has 3 N–H and O–H groups in total. The molecule has 0 bridgehead atoms. The van der Waals surface area contributed by atoms with Gasteiger partial charge >= 0.3 is 18.2 Å². The number of aliphatic carboxylic acids is 1.